The van der Waals surface area contributed by atoms with Crippen molar-refractivity contribution in [3.8, 4) is 0 Å². The molecule has 1 aliphatic rings. The molecule has 1 aliphatic carbocycles. The molecule has 2 heteroatoms. The highest BCUT2D eigenvalue weighted by molar-refractivity contribution is 5.31. The molecule has 4 rings (SSSR count). The van der Waals surface area contributed by atoms with Crippen LogP contribution >= 0.6 is 0 Å². The van der Waals surface area contributed by atoms with Crippen molar-refractivity contribution in [2.24, 2.45) is 0 Å². The zero-order chi connectivity index (χ0) is 25.3. The van der Waals surface area contributed by atoms with Crippen LogP contribution in [0.15, 0.2) is 73.3 Å². The average molecular weight is 487 g/mol. The maximum Gasteiger partial charge on any atom is 0.162 e. The Morgan fingerprint density at radius 3 is 1.83 bits per heavy atom. The number of rotatable bonds is 11. The van der Waals surface area contributed by atoms with Gasteiger partial charge in [-0.05, 0) is 109 Å². The molecule has 0 atom stereocenters. The first-order valence-electron chi connectivity index (χ1n) is 13.8. The van der Waals surface area contributed by atoms with Crippen molar-refractivity contribution in [1.82, 2.24) is 0 Å². The molecule has 0 aromatic heterocycles. The van der Waals surface area contributed by atoms with Gasteiger partial charge in [-0.3, -0.25) is 0 Å². The Balaban J connectivity index is 1.28. The molecule has 1 fully saturated rings. The van der Waals surface area contributed by atoms with Gasteiger partial charge in [0.1, 0.15) is 0 Å². The van der Waals surface area contributed by atoms with Gasteiger partial charge in [0.15, 0.2) is 11.6 Å². The molecule has 190 valence electrons. The summed E-state index contributed by atoms with van der Waals surface area (Å²) in [7, 11) is 0. The highest BCUT2D eigenvalue weighted by atomic mass is 19.2. The molecule has 0 amide bonds. The molecule has 3 aromatic carbocycles. The Bertz CT molecular complexity index is 1100. The molecular formula is C34H40F2. The Labute approximate surface area is 216 Å². The first-order valence-corrected chi connectivity index (χ1v) is 13.8. The predicted octanol–water partition coefficient (Wildman–Crippen LogP) is 9.65. The lowest BCUT2D eigenvalue weighted by Crippen LogP contribution is -2.14. The summed E-state index contributed by atoms with van der Waals surface area (Å²) < 4.78 is 29.4. The minimum absolute atomic E-state index is 0.124. The lowest BCUT2D eigenvalue weighted by Gasteiger charge is -2.29. The van der Waals surface area contributed by atoms with Crippen molar-refractivity contribution in [2.45, 2.75) is 89.4 Å². The summed E-state index contributed by atoms with van der Waals surface area (Å²) in [5, 5.41) is 0. The molecule has 0 aliphatic heterocycles. The van der Waals surface area contributed by atoms with E-state index in [0.717, 1.165) is 64.2 Å². The second kappa shape index (κ2) is 13.0. The van der Waals surface area contributed by atoms with Gasteiger partial charge in [0.25, 0.3) is 0 Å². The number of unbranched alkanes of at least 4 members (excludes halogenated alkanes) is 1. The Kier molecular flexibility index (Phi) is 9.50. The maximum atomic E-state index is 14.8. The third-order valence-electron chi connectivity index (χ3n) is 7.97. The second-order valence-electron chi connectivity index (χ2n) is 10.5. The third-order valence-corrected chi connectivity index (χ3v) is 7.97. The molecule has 0 saturated heterocycles. The monoisotopic (exact) mass is 486 g/mol. The van der Waals surface area contributed by atoms with Gasteiger partial charge < -0.3 is 0 Å². The Hall–Kier alpha value is -2.74. The largest absolute Gasteiger partial charge is 0.203 e. The standard InChI is InChI=1S/C34H40F2/c1-3-5-7-25-9-11-26(12-10-25)13-14-27-15-17-28(18-16-27)29-19-21-30(22-20-29)32-24-23-31(8-6-4-2)33(35)34(32)36/h3,9-12,15-18,23-24,29-30H,1,4-8,13-14,19-22H2,2H3. The van der Waals surface area contributed by atoms with E-state index in [9.17, 15) is 8.78 Å². The molecule has 0 radical (unpaired) electrons. The quantitative estimate of drug-likeness (QED) is 0.237. The van der Waals surface area contributed by atoms with Crippen LogP contribution in [-0.4, -0.2) is 0 Å². The van der Waals surface area contributed by atoms with Gasteiger partial charge in [0.05, 0.1) is 0 Å². The van der Waals surface area contributed by atoms with Crippen LogP contribution in [0.5, 0.6) is 0 Å². The molecule has 0 bridgehead atoms. The minimum atomic E-state index is -0.623. The second-order valence-corrected chi connectivity index (χ2v) is 10.5. The zero-order valence-electron chi connectivity index (χ0n) is 21.7. The van der Waals surface area contributed by atoms with Crippen molar-refractivity contribution in [1.29, 1.82) is 0 Å². The summed E-state index contributed by atoms with van der Waals surface area (Å²) in [6.45, 7) is 5.87. The van der Waals surface area contributed by atoms with E-state index in [1.54, 1.807) is 0 Å². The average Bonchev–Trinajstić information content (AvgIpc) is 2.92. The van der Waals surface area contributed by atoms with E-state index in [1.165, 1.54) is 22.3 Å². The van der Waals surface area contributed by atoms with Crippen molar-refractivity contribution < 1.29 is 8.78 Å². The van der Waals surface area contributed by atoms with Crippen molar-refractivity contribution in [3.63, 3.8) is 0 Å². The van der Waals surface area contributed by atoms with Crippen LogP contribution in [0.4, 0.5) is 8.78 Å². The molecule has 0 unspecified atom stereocenters. The van der Waals surface area contributed by atoms with Crippen molar-refractivity contribution in [2.75, 3.05) is 0 Å². The first-order chi connectivity index (χ1) is 17.6. The minimum Gasteiger partial charge on any atom is -0.203 e. The zero-order valence-corrected chi connectivity index (χ0v) is 21.7. The van der Waals surface area contributed by atoms with Gasteiger partial charge in [-0.25, -0.2) is 8.78 Å². The highest BCUT2D eigenvalue weighted by Crippen LogP contribution is 2.41. The fraction of sp³-hybridized carbons (Fsp3) is 0.412. The van der Waals surface area contributed by atoms with Gasteiger partial charge in [-0.1, -0.05) is 80.1 Å². The molecule has 0 nitrogen and oxygen atoms in total. The van der Waals surface area contributed by atoms with E-state index >= 15 is 0 Å². The van der Waals surface area contributed by atoms with E-state index in [1.807, 2.05) is 18.2 Å². The van der Waals surface area contributed by atoms with Crippen LogP contribution in [-0.2, 0) is 25.7 Å². The van der Waals surface area contributed by atoms with Gasteiger partial charge in [0.2, 0.25) is 0 Å². The van der Waals surface area contributed by atoms with E-state index in [-0.39, 0.29) is 5.92 Å². The smallest absolute Gasteiger partial charge is 0.162 e. The predicted molar refractivity (Wildman–Crippen MR) is 148 cm³/mol. The summed E-state index contributed by atoms with van der Waals surface area (Å²) in [5.41, 5.74) is 6.59. The molecule has 0 N–H and O–H groups in total. The SMILES string of the molecule is C=CCCc1ccc(CCc2ccc(C3CCC(c4ccc(CCCC)c(F)c4F)CC3)cc2)cc1. The summed E-state index contributed by atoms with van der Waals surface area (Å²) in [6.07, 6.45) is 12.5. The fourth-order valence-electron chi connectivity index (χ4n) is 5.60. The van der Waals surface area contributed by atoms with Gasteiger partial charge in [-0.2, -0.15) is 0 Å². The lowest BCUT2D eigenvalue weighted by molar-refractivity contribution is 0.380. The van der Waals surface area contributed by atoms with Crippen LogP contribution in [0, 0.1) is 11.6 Å². The molecule has 0 heterocycles. The number of hydrogen-bond donors (Lipinski definition) is 0. The van der Waals surface area contributed by atoms with Gasteiger partial charge >= 0.3 is 0 Å². The topological polar surface area (TPSA) is 0 Å². The first kappa shape index (κ1) is 26.3. The molecule has 3 aromatic rings. The molecular weight excluding hydrogens is 446 g/mol. The Morgan fingerprint density at radius 2 is 1.25 bits per heavy atom. The summed E-state index contributed by atoms with van der Waals surface area (Å²) in [6, 6.07) is 21.7. The number of benzene rings is 3. The van der Waals surface area contributed by atoms with Crippen molar-refractivity contribution in [3.05, 3.63) is 118 Å². The van der Waals surface area contributed by atoms with Gasteiger partial charge in [-0.15, -0.1) is 6.58 Å². The van der Waals surface area contributed by atoms with E-state index in [2.05, 4.69) is 62.0 Å². The third kappa shape index (κ3) is 6.72. The summed E-state index contributed by atoms with van der Waals surface area (Å²) in [4.78, 5) is 0. The molecule has 0 spiro atoms. The fourth-order valence-corrected chi connectivity index (χ4v) is 5.60. The van der Waals surface area contributed by atoms with Crippen LogP contribution < -0.4 is 0 Å². The number of hydrogen-bond acceptors (Lipinski definition) is 0. The molecule has 1 saturated carbocycles. The normalized spacial score (nSPS) is 17.8. The molecule has 36 heavy (non-hydrogen) atoms. The Morgan fingerprint density at radius 1 is 0.694 bits per heavy atom. The van der Waals surface area contributed by atoms with E-state index in [4.69, 9.17) is 0 Å². The summed E-state index contributed by atoms with van der Waals surface area (Å²) in [5.74, 6) is -0.598. The van der Waals surface area contributed by atoms with Crippen LogP contribution in [0.25, 0.3) is 0 Å². The number of halogens is 2. The van der Waals surface area contributed by atoms with Crippen LogP contribution in [0.3, 0.4) is 0 Å². The highest BCUT2D eigenvalue weighted by Gasteiger charge is 2.27. The van der Waals surface area contributed by atoms with Gasteiger partial charge in [0, 0.05) is 0 Å². The summed E-state index contributed by atoms with van der Waals surface area (Å²) >= 11 is 0. The number of aryl methyl sites for hydroxylation is 4. The lowest BCUT2D eigenvalue weighted by atomic mass is 9.75. The maximum absolute atomic E-state index is 14.8. The van der Waals surface area contributed by atoms with Crippen LogP contribution in [0.1, 0.15) is 97.1 Å². The van der Waals surface area contributed by atoms with E-state index in [0.29, 0.717) is 23.5 Å². The van der Waals surface area contributed by atoms with Crippen molar-refractivity contribution >= 4 is 0 Å². The number of allylic oxidation sites excluding steroid dienone is 1. The van der Waals surface area contributed by atoms with Crippen LogP contribution in [0.2, 0.25) is 0 Å². The van der Waals surface area contributed by atoms with E-state index < -0.39 is 11.6 Å².